The van der Waals surface area contributed by atoms with E-state index in [0.29, 0.717) is 29.4 Å². The zero-order valence-corrected chi connectivity index (χ0v) is 14.0. The molecule has 118 valence electrons. The number of hydrogen-bond acceptors (Lipinski definition) is 2. The molecule has 0 saturated carbocycles. The highest BCUT2D eigenvalue weighted by molar-refractivity contribution is 5.68. The maximum absolute atomic E-state index is 10.7. The van der Waals surface area contributed by atoms with E-state index < -0.39 is 5.97 Å². The van der Waals surface area contributed by atoms with E-state index in [1.54, 1.807) is 0 Å². The van der Waals surface area contributed by atoms with Crippen molar-refractivity contribution in [3.8, 4) is 5.75 Å². The summed E-state index contributed by atoms with van der Waals surface area (Å²) in [6.45, 7) is 12.9. The van der Waals surface area contributed by atoms with Gasteiger partial charge in [-0.3, -0.25) is 0 Å². The summed E-state index contributed by atoms with van der Waals surface area (Å²) < 4.78 is 5.47. The van der Waals surface area contributed by atoms with Crippen molar-refractivity contribution in [1.82, 2.24) is 0 Å². The van der Waals surface area contributed by atoms with E-state index in [1.165, 1.54) is 5.56 Å². The minimum absolute atomic E-state index is 0.295. The Morgan fingerprint density at radius 2 is 1.62 bits per heavy atom. The van der Waals surface area contributed by atoms with Gasteiger partial charge in [0.2, 0.25) is 0 Å². The number of benzene rings is 1. The normalized spacial score (nSPS) is 14.3. The Balaban J connectivity index is 3.16. The van der Waals surface area contributed by atoms with Gasteiger partial charge in [-0.1, -0.05) is 53.7 Å². The van der Waals surface area contributed by atoms with Gasteiger partial charge in [-0.25, -0.2) is 4.79 Å². The van der Waals surface area contributed by atoms with Gasteiger partial charge in [0, 0.05) is 0 Å². The fourth-order valence-corrected chi connectivity index (χ4v) is 2.22. The zero-order chi connectivity index (χ0) is 16.2. The maximum atomic E-state index is 10.7. The van der Waals surface area contributed by atoms with Crippen LogP contribution >= 0.6 is 0 Å². The summed E-state index contributed by atoms with van der Waals surface area (Å²) in [7, 11) is 0. The van der Waals surface area contributed by atoms with Crippen LogP contribution in [0.25, 0.3) is 0 Å². The highest BCUT2D eigenvalue weighted by Gasteiger charge is 2.19. The van der Waals surface area contributed by atoms with Crippen molar-refractivity contribution in [3.05, 3.63) is 29.3 Å². The van der Waals surface area contributed by atoms with Crippen molar-refractivity contribution in [1.29, 1.82) is 0 Å². The van der Waals surface area contributed by atoms with Gasteiger partial charge >= 0.3 is 5.97 Å². The first-order valence-corrected chi connectivity index (χ1v) is 7.72. The highest BCUT2D eigenvalue weighted by atomic mass is 16.5. The Morgan fingerprint density at radius 1 is 1.05 bits per heavy atom. The van der Waals surface area contributed by atoms with E-state index in [1.807, 2.05) is 6.07 Å². The van der Waals surface area contributed by atoms with Crippen molar-refractivity contribution in [2.45, 2.75) is 53.4 Å². The molecule has 0 aliphatic rings. The van der Waals surface area contributed by atoms with Crippen LogP contribution in [0, 0.1) is 11.8 Å². The number of carboxylic acids is 1. The molecule has 3 heteroatoms. The summed E-state index contributed by atoms with van der Waals surface area (Å²) in [4.78, 5) is 10.7. The fourth-order valence-electron chi connectivity index (χ4n) is 2.22. The second kappa shape index (κ2) is 7.48. The fraction of sp³-hybridized carbons (Fsp3) is 0.611. The summed E-state index contributed by atoms with van der Waals surface area (Å²) in [5, 5.41) is 8.80. The van der Waals surface area contributed by atoms with Crippen molar-refractivity contribution < 1.29 is 14.6 Å². The van der Waals surface area contributed by atoms with Gasteiger partial charge in [0.25, 0.3) is 0 Å². The van der Waals surface area contributed by atoms with Crippen LogP contribution in [-0.4, -0.2) is 17.7 Å². The average molecular weight is 292 g/mol. The molecule has 0 fully saturated rings. The molecule has 0 bridgehead atoms. The molecule has 0 amide bonds. The smallest absolute Gasteiger partial charge is 0.341 e. The molecular weight excluding hydrogens is 264 g/mol. The standard InChI is InChI=1S/C18H28O3/c1-11(2)13(5)15-7-8-17(21-10-18(19)20)16(9-15)14(6)12(3)4/h7-9,11-14H,10H2,1-6H3,(H,19,20). The molecule has 0 radical (unpaired) electrons. The largest absolute Gasteiger partial charge is 0.482 e. The molecule has 0 spiro atoms. The van der Waals surface area contributed by atoms with Crippen molar-refractivity contribution in [2.75, 3.05) is 6.61 Å². The highest BCUT2D eigenvalue weighted by Crippen LogP contribution is 2.35. The lowest BCUT2D eigenvalue weighted by molar-refractivity contribution is -0.139. The Bertz CT molecular complexity index is 477. The Hall–Kier alpha value is -1.51. The molecular formula is C18H28O3. The maximum Gasteiger partial charge on any atom is 0.341 e. The lowest BCUT2D eigenvalue weighted by Gasteiger charge is -2.23. The predicted molar refractivity (Wildman–Crippen MR) is 86.1 cm³/mol. The third-order valence-corrected chi connectivity index (χ3v) is 4.40. The summed E-state index contributed by atoms with van der Waals surface area (Å²) in [6, 6.07) is 6.16. The van der Waals surface area contributed by atoms with E-state index in [4.69, 9.17) is 9.84 Å². The van der Waals surface area contributed by atoms with Crippen LogP contribution in [0.5, 0.6) is 5.75 Å². The first-order valence-electron chi connectivity index (χ1n) is 7.72. The number of rotatable bonds is 7. The average Bonchev–Trinajstić information content (AvgIpc) is 2.42. The third kappa shape index (κ3) is 4.76. The second-order valence-electron chi connectivity index (χ2n) is 6.55. The topological polar surface area (TPSA) is 46.5 Å². The quantitative estimate of drug-likeness (QED) is 0.794. The zero-order valence-electron chi connectivity index (χ0n) is 14.0. The molecule has 0 aliphatic heterocycles. The van der Waals surface area contributed by atoms with Crippen LogP contribution in [0.2, 0.25) is 0 Å². The Kier molecular flexibility index (Phi) is 6.25. The van der Waals surface area contributed by atoms with Gasteiger partial charge < -0.3 is 9.84 Å². The van der Waals surface area contributed by atoms with E-state index in [9.17, 15) is 4.79 Å². The van der Waals surface area contributed by atoms with Crippen LogP contribution in [0.4, 0.5) is 0 Å². The van der Waals surface area contributed by atoms with E-state index >= 15 is 0 Å². The lowest BCUT2D eigenvalue weighted by atomic mass is 9.84. The molecule has 1 aromatic rings. The molecule has 0 aliphatic carbocycles. The molecule has 0 heterocycles. The van der Waals surface area contributed by atoms with Gasteiger partial charge in [0.15, 0.2) is 6.61 Å². The molecule has 0 aromatic heterocycles. The van der Waals surface area contributed by atoms with Gasteiger partial charge in [-0.2, -0.15) is 0 Å². The summed E-state index contributed by atoms with van der Waals surface area (Å²) >= 11 is 0. The van der Waals surface area contributed by atoms with Crippen LogP contribution in [0.15, 0.2) is 18.2 Å². The van der Waals surface area contributed by atoms with Gasteiger partial charge in [0.05, 0.1) is 0 Å². The van der Waals surface area contributed by atoms with Crippen LogP contribution in [-0.2, 0) is 4.79 Å². The number of hydrogen-bond donors (Lipinski definition) is 1. The molecule has 0 saturated heterocycles. The predicted octanol–water partition coefficient (Wildman–Crippen LogP) is 4.67. The first-order chi connectivity index (χ1) is 9.73. The SMILES string of the molecule is CC(C)C(C)c1ccc(OCC(=O)O)c(C(C)C(C)C)c1. The molecule has 2 unspecified atom stereocenters. The van der Waals surface area contributed by atoms with Crippen molar-refractivity contribution >= 4 is 5.97 Å². The molecule has 21 heavy (non-hydrogen) atoms. The van der Waals surface area contributed by atoms with Crippen LogP contribution < -0.4 is 4.74 Å². The van der Waals surface area contributed by atoms with Gasteiger partial charge in [-0.15, -0.1) is 0 Å². The second-order valence-corrected chi connectivity index (χ2v) is 6.55. The summed E-state index contributed by atoms with van der Waals surface area (Å²) in [6.07, 6.45) is 0. The van der Waals surface area contributed by atoms with E-state index in [-0.39, 0.29) is 6.61 Å². The molecule has 1 rings (SSSR count). The van der Waals surface area contributed by atoms with Crippen LogP contribution in [0.3, 0.4) is 0 Å². The minimum atomic E-state index is -0.947. The minimum Gasteiger partial charge on any atom is -0.482 e. The summed E-state index contributed by atoms with van der Waals surface area (Å²) in [5.74, 6) is 1.58. The Labute approximate surface area is 128 Å². The monoisotopic (exact) mass is 292 g/mol. The van der Waals surface area contributed by atoms with E-state index in [0.717, 1.165) is 5.56 Å². The lowest BCUT2D eigenvalue weighted by Crippen LogP contribution is -2.13. The molecule has 1 N–H and O–H groups in total. The van der Waals surface area contributed by atoms with Crippen LogP contribution in [0.1, 0.15) is 64.5 Å². The number of carbonyl (C=O) groups is 1. The molecule has 2 atom stereocenters. The van der Waals surface area contributed by atoms with Gasteiger partial charge in [-0.05, 0) is 40.9 Å². The number of aliphatic carboxylic acids is 1. The van der Waals surface area contributed by atoms with Crippen molar-refractivity contribution in [3.63, 3.8) is 0 Å². The summed E-state index contributed by atoms with van der Waals surface area (Å²) in [5.41, 5.74) is 2.39. The van der Waals surface area contributed by atoms with Gasteiger partial charge in [0.1, 0.15) is 5.75 Å². The number of carboxylic acid groups (broad SMARTS) is 1. The third-order valence-electron chi connectivity index (χ3n) is 4.40. The molecule has 1 aromatic carbocycles. The van der Waals surface area contributed by atoms with Crippen molar-refractivity contribution in [2.24, 2.45) is 11.8 Å². The first kappa shape index (κ1) is 17.5. The van der Waals surface area contributed by atoms with E-state index in [2.05, 4.69) is 53.7 Å². The molecule has 3 nitrogen and oxygen atoms in total. The number of ether oxygens (including phenoxy) is 1. The Morgan fingerprint density at radius 3 is 2.10 bits per heavy atom.